The lowest BCUT2D eigenvalue weighted by atomic mass is 10.0. The van der Waals surface area contributed by atoms with E-state index in [9.17, 15) is 14.0 Å². The number of hydrogen-bond donors (Lipinski definition) is 0. The summed E-state index contributed by atoms with van der Waals surface area (Å²) in [7, 11) is 0. The molecule has 1 fully saturated rings. The smallest absolute Gasteiger partial charge is 0.262 e. The van der Waals surface area contributed by atoms with E-state index in [0.717, 1.165) is 19.3 Å². The van der Waals surface area contributed by atoms with E-state index in [-0.39, 0.29) is 29.9 Å². The molecule has 0 spiro atoms. The highest BCUT2D eigenvalue weighted by Crippen LogP contribution is 2.33. The van der Waals surface area contributed by atoms with Crippen LogP contribution in [-0.2, 0) is 11.3 Å². The molecule has 5 rings (SSSR count). The van der Waals surface area contributed by atoms with E-state index in [1.165, 1.54) is 28.0 Å². The average Bonchev–Trinajstić information content (AvgIpc) is 3.14. The summed E-state index contributed by atoms with van der Waals surface area (Å²) in [6.45, 7) is 2.67. The van der Waals surface area contributed by atoms with Crippen LogP contribution in [0, 0.1) is 9.77 Å². The number of amides is 1. The van der Waals surface area contributed by atoms with E-state index in [0.29, 0.717) is 37.5 Å². The molecule has 1 saturated heterocycles. The molecule has 0 saturated carbocycles. The van der Waals surface area contributed by atoms with Gasteiger partial charge in [0.1, 0.15) is 18.0 Å². The lowest BCUT2D eigenvalue weighted by Gasteiger charge is -2.33. The van der Waals surface area contributed by atoms with Gasteiger partial charge in [-0.2, -0.15) is 0 Å². The van der Waals surface area contributed by atoms with Crippen molar-refractivity contribution in [3.63, 3.8) is 0 Å². The van der Waals surface area contributed by atoms with Crippen LogP contribution in [-0.4, -0.2) is 32.4 Å². The van der Waals surface area contributed by atoms with Crippen molar-refractivity contribution in [2.45, 2.75) is 38.8 Å². The molecule has 32 heavy (non-hydrogen) atoms. The van der Waals surface area contributed by atoms with Crippen molar-refractivity contribution in [3.8, 4) is 10.4 Å². The summed E-state index contributed by atoms with van der Waals surface area (Å²) in [5.41, 5.74) is 1.61. The van der Waals surface area contributed by atoms with Crippen LogP contribution in [0.5, 0.6) is 0 Å². The standard InChI is InChI=1S/C24H22FN3O2S2/c1-15-7-4-5-12-26(15)20(29)14-27-22-21(16-8-6-9-17(25)13-16)32-24(31)28(22)19-11-3-2-10-18(19)23(27)30/h2-3,6,8-11,13,15H,4-5,7,12,14H2,1H3. The molecule has 4 aromatic rings. The van der Waals surface area contributed by atoms with Gasteiger partial charge in [-0.1, -0.05) is 24.3 Å². The highest BCUT2D eigenvalue weighted by molar-refractivity contribution is 7.73. The minimum absolute atomic E-state index is 0.0780. The Morgan fingerprint density at radius 2 is 2.00 bits per heavy atom. The highest BCUT2D eigenvalue weighted by atomic mass is 32.1. The number of aromatic nitrogens is 2. The molecule has 2 aromatic carbocycles. The normalized spacial score (nSPS) is 16.7. The zero-order valence-corrected chi connectivity index (χ0v) is 19.2. The molecule has 1 unspecified atom stereocenters. The zero-order valence-electron chi connectivity index (χ0n) is 17.6. The number of para-hydroxylation sites is 1. The number of rotatable bonds is 3. The number of halogens is 1. The van der Waals surface area contributed by atoms with Gasteiger partial charge >= 0.3 is 0 Å². The number of carbonyl (C=O) groups excluding carboxylic acids is 1. The van der Waals surface area contributed by atoms with Gasteiger partial charge in [0.05, 0.1) is 15.8 Å². The van der Waals surface area contributed by atoms with Gasteiger partial charge in [-0.05, 0) is 68.2 Å². The van der Waals surface area contributed by atoms with Crippen LogP contribution >= 0.6 is 23.6 Å². The molecule has 0 radical (unpaired) electrons. The fourth-order valence-electron chi connectivity index (χ4n) is 4.57. The van der Waals surface area contributed by atoms with Crippen molar-refractivity contribution in [3.05, 3.63) is 68.7 Å². The van der Waals surface area contributed by atoms with Crippen molar-refractivity contribution in [1.29, 1.82) is 0 Å². The number of carbonyl (C=O) groups is 1. The van der Waals surface area contributed by atoms with Gasteiger partial charge < -0.3 is 4.90 Å². The predicted molar refractivity (Wildman–Crippen MR) is 128 cm³/mol. The van der Waals surface area contributed by atoms with Crippen LogP contribution in [0.3, 0.4) is 0 Å². The number of nitrogens with zero attached hydrogens (tertiary/aromatic N) is 3. The number of thiazole rings is 1. The molecular weight excluding hydrogens is 445 g/mol. The fourth-order valence-corrected chi connectivity index (χ4v) is 6.00. The summed E-state index contributed by atoms with van der Waals surface area (Å²) in [6.07, 6.45) is 3.04. The maximum atomic E-state index is 14.0. The zero-order chi connectivity index (χ0) is 22.4. The van der Waals surface area contributed by atoms with Crippen LogP contribution in [0.1, 0.15) is 26.2 Å². The topological polar surface area (TPSA) is 46.7 Å². The van der Waals surface area contributed by atoms with E-state index in [4.69, 9.17) is 12.2 Å². The Balaban J connectivity index is 1.78. The van der Waals surface area contributed by atoms with E-state index < -0.39 is 0 Å². The van der Waals surface area contributed by atoms with Crippen LogP contribution in [0.15, 0.2) is 53.3 Å². The Morgan fingerprint density at radius 1 is 1.19 bits per heavy atom. The van der Waals surface area contributed by atoms with Gasteiger partial charge in [0, 0.05) is 12.6 Å². The van der Waals surface area contributed by atoms with E-state index in [2.05, 4.69) is 6.92 Å². The molecule has 0 N–H and O–H groups in total. The monoisotopic (exact) mass is 467 g/mol. The lowest BCUT2D eigenvalue weighted by Crippen LogP contribution is -2.44. The second kappa shape index (κ2) is 8.26. The van der Waals surface area contributed by atoms with Crippen LogP contribution in [0.2, 0.25) is 0 Å². The van der Waals surface area contributed by atoms with Crippen LogP contribution < -0.4 is 5.56 Å². The predicted octanol–water partition coefficient (Wildman–Crippen LogP) is 5.25. The second-order valence-electron chi connectivity index (χ2n) is 8.21. The molecule has 0 bridgehead atoms. The third-order valence-corrected chi connectivity index (χ3v) is 7.58. The van der Waals surface area contributed by atoms with Gasteiger partial charge in [0.25, 0.3) is 5.56 Å². The van der Waals surface area contributed by atoms with Crippen LogP contribution in [0.25, 0.3) is 27.0 Å². The van der Waals surface area contributed by atoms with Crippen molar-refractivity contribution >= 4 is 46.0 Å². The summed E-state index contributed by atoms with van der Waals surface area (Å²) in [6, 6.07) is 13.6. The third kappa shape index (κ3) is 3.47. The average molecular weight is 468 g/mol. The van der Waals surface area contributed by atoms with Crippen molar-refractivity contribution < 1.29 is 9.18 Å². The van der Waals surface area contributed by atoms with Gasteiger partial charge in [-0.15, -0.1) is 11.3 Å². The minimum atomic E-state index is -0.368. The summed E-state index contributed by atoms with van der Waals surface area (Å²) in [5, 5.41) is 0.499. The summed E-state index contributed by atoms with van der Waals surface area (Å²) < 4.78 is 17.9. The molecule has 8 heteroatoms. The molecule has 164 valence electrons. The Bertz CT molecular complexity index is 1470. The quantitative estimate of drug-likeness (QED) is 0.387. The SMILES string of the molecule is CC1CCCCN1C(=O)Cn1c(=O)c2ccccc2n2c(=S)sc(-c3cccc(F)c3)c12. The molecule has 1 amide bonds. The largest absolute Gasteiger partial charge is 0.338 e. The Labute approximate surface area is 193 Å². The first-order valence-corrected chi connectivity index (χ1v) is 11.9. The number of benzene rings is 2. The third-order valence-electron chi connectivity index (χ3n) is 6.17. The molecule has 1 aliphatic rings. The van der Waals surface area contributed by atoms with Crippen molar-refractivity contribution in [2.24, 2.45) is 0 Å². The lowest BCUT2D eigenvalue weighted by molar-refractivity contribution is -0.135. The Kier molecular flexibility index (Phi) is 5.43. The first-order valence-electron chi connectivity index (χ1n) is 10.7. The molecular formula is C24H22FN3O2S2. The maximum Gasteiger partial charge on any atom is 0.262 e. The highest BCUT2D eigenvalue weighted by Gasteiger charge is 2.26. The molecule has 3 heterocycles. The second-order valence-corrected chi connectivity index (χ2v) is 9.85. The first-order chi connectivity index (χ1) is 15.5. The van der Waals surface area contributed by atoms with Gasteiger partial charge in [-0.3, -0.25) is 18.6 Å². The fraction of sp³-hybridized carbons (Fsp3) is 0.292. The molecule has 0 aliphatic carbocycles. The van der Waals surface area contributed by atoms with Gasteiger partial charge in [0.2, 0.25) is 5.91 Å². The molecule has 1 aliphatic heterocycles. The number of hydrogen-bond acceptors (Lipinski definition) is 4. The Hall–Kier alpha value is -2.84. The van der Waals surface area contributed by atoms with Crippen molar-refractivity contribution in [2.75, 3.05) is 6.54 Å². The van der Waals surface area contributed by atoms with E-state index in [1.807, 2.05) is 21.4 Å². The summed E-state index contributed by atoms with van der Waals surface area (Å²) in [4.78, 5) is 29.4. The Morgan fingerprint density at radius 3 is 2.78 bits per heavy atom. The first kappa shape index (κ1) is 21.0. The van der Waals surface area contributed by atoms with E-state index >= 15 is 0 Å². The number of piperidine rings is 1. The molecule has 2 aromatic heterocycles. The van der Waals surface area contributed by atoms with Crippen LogP contribution in [0.4, 0.5) is 4.39 Å². The minimum Gasteiger partial charge on any atom is -0.338 e. The maximum absolute atomic E-state index is 14.0. The van der Waals surface area contributed by atoms with Gasteiger partial charge in [-0.25, -0.2) is 4.39 Å². The number of fused-ring (bicyclic) bond motifs is 3. The summed E-state index contributed by atoms with van der Waals surface area (Å²) >= 11 is 6.99. The summed E-state index contributed by atoms with van der Waals surface area (Å²) in [5.74, 6) is -0.452. The van der Waals surface area contributed by atoms with Gasteiger partial charge in [0.15, 0.2) is 3.95 Å². The number of likely N-dealkylation sites (tertiary alicyclic amines) is 1. The molecule has 1 atom stereocenters. The van der Waals surface area contributed by atoms with E-state index in [1.54, 1.807) is 24.3 Å². The molecule has 5 nitrogen and oxygen atoms in total. The van der Waals surface area contributed by atoms with Crippen molar-refractivity contribution in [1.82, 2.24) is 13.9 Å².